The monoisotopic (exact) mass is 374 g/mol. The van der Waals surface area contributed by atoms with E-state index in [1.807, 2.05) is 6.92 Å². The number of aliphatic hydroxyl groups excluding tert-OH is 2. The summed E-state index contributed by atoms with van der Waals surface area (Å²) in [5.41, 5.74) is 0.0989. The lowest BCUT2D eigenvalue weighted by molar-refractivity contribution is -0.157. The zero-order valence-corrected chi connectivity index (χ0v) is 16.2. The fraction of sp³-hybridized carbons (Fsp3) is 0.773. The Morgan fingerprint density at radius 3 is 2.78 bits per heavy atom. The van der Waals surface area contributed by atoms with Gasteiger partial charge in [0.15, 0.2) is 11.6 Å². The molecule has 5 heteroatoms. The molecule has 0 aliphatic heterocycles. The summed E-state index contributed by atoms with van der Waals surface area (Å²) < 4.78 is 0. The summed E-state index contributed by atoms with van der Waals surface area (Å²) in [6.45, 7) is 3.63. The Balaban J connectivity index is 1.76. The standard InChI is InChI=1S/C22H30O5/c1-12-7-16-15-4-3-13-8-14(25)5-6-21(13,2)20(15)17(26)9-22(16,11-24)19(12)18(27)10-23/h8,11-12,15-17,19-20,23,26H,3-7,9-10H2,1-2H3/t12?,15-,16-,17-,19+,20+,21-,22+/m0/s1. The van der Waals surface area contributed by atoms with Crippen LogP contribution in [0.1, 0.15) is 52.4 Å². The maximum atomic E-state index is 12.5. The van der Waals surface area contributed by atoms with Crippen LogP contribution >= 0.6 is 0 Å². The summed E-state index contributed by atoms with van der Waals surface area (Å²) in [6, 6.07) is 0. The molecule has 3 fully saturated rings. The molecule has 0 aromatic heterocycles. The maximum Gasteiger partial charge on any atom is 0.162 e. The molecule has 4 aliphatic rings. The zero-order chi connectivity index (χ0) is 19.6. The predicted molar refractivity (Wildman–Crippen MR) is 98.6 cm³/mol. The van der Waals surface area contributed by atoms with E-state index in [1.54, 1.807) is 6.08 Å². The van der Waals surface area contributed by atoms with E-state index in [9.17, 15) is 24.6 Å². The first kappa shape index (κ1) is 19.0. The third kappa shape index (κ3) is 2.47. The number of rotatable bonds is 3. The van der Waals surface area contributed by atoms with Crippen LogP contribution in [0.15, 0.2) is 11.6 Å². The third-order valence-corrected chi connectivity index (χ3v) is 8.58. The van der Waals surface area contributed by atoms with Gasteiger partial charge in [-0.05, 0) is 67.3 Å². The van der Waals surface area contributed by atoms with Gasteiger partial charge in [-0.25, -0.2) is 0 Å². The molecule has 2 N–H and O–H groups in total. The van der Waals surface area contributed by atoms with Crippen molar-refractivity contribution in [2.75, 3.05) is 6.61 Å². The van der Waals surface area contributed by atoms with Gasteiger partial charge in [0, 0.05) is 17.8 Å². The highest BCUT2D eigenvalue weighted by molar-refractivity contribution is 5.91. The second-order valence-corrected chi connectivity index (χ2v) is 9.70. The van der Waals surface area contributed by atoms with E-state index >= 15 is 0 Å². The highest BCUT2D eigenvalue weighted by Gasteiger charge is 2.66. The van der Waals surface area contributed by atoms with Crippen molar-refractivity contribution in [3.05, 3.63) is 11.6 Å². The first-order valence-corrected chi connectivity index (χ1v) is 10.3. The number of allylic oxidation sites excluding steroid dienone is 1. The largest absolute Gasteiger partial charge is 0.393 e. The van der Waals surface area contributed by atoms with Gasteiger partial charge in [-0.2, -0.15) is 0 Å². The summed E-state index contributed by atoms with van der Waals surface area (Å²) >= 11 is 0. The second kappa shape index (κ2) is 6.35. The average Bonchev–Trinajstić information content (AvgIpc) is 2.93. The molecule has 4 rings (SSSR count). The van der Waals surface area contributed by atoms with E-state index in [-0.39, 0.29) is 40.7 Å². The molecular formula is C22H30O5. The fourth-order valence-corrected chi connectivity index (χ4v) is 7.63. The number of aliphatic hydroxyl groups is 2. The molecule has 0 radical (unpaired) electrons. The molecule has 0 saturated heterocycles. The SMILES string of the molecule is CC1C[C@H]2[C@@H]3CCC4=CC(=O)CC[C@]4(C)[C@H]3[C@@H](O)C[C@]2(C=O)[C@H]1C(=O)CO. The Morgan fingerprint density at radius 2 is 2.11 bits per heavy atom. The van der Waals surface area contributed by atoms with Crippen molar-refractivity contribution in [2.45, 2.75) is 58.5 Å². The van der Waals surface area contributed by atoms with Gasteiger partial charge >= 0.3 is 0 Å². The summed E-state index contributed by atoms with van der Waals surface area (Å²) in [5, 5.41) is 20.7. The number of aldehydes is 1. The van der Waals surface area contributed by atoms with E-state index in [0.29, 0.717) is 12.8 Å². The van der Waals surface area contributed by atoms with Crippen LogP contribution in [-0.2, 0) is 14.4 Å². The van der Waals surface area contributed by atoms with Crippen LogP contribution in [-0.4, -0.2) is 40.8 Å². The molecule has 4 aliphatic carbocycles. The Morgan fingerprint density at radius 1 is 1.37 bits per heavy atom. The lowest BCUT2D eigenvalue weighted by atomic mass is 9.45. The number of ketones is 2. The molecule has 3 saturated carbocycles. The summed E-state index contributed by atoms with van der Waals surface area (Å²) in [7, 11) is 0. The van der Waals surface area contributed by atoms with E-state index in [2.05, 4.69) is 6.92 Å². The van der Waals surface area contributed by atoms with Crippen LogP contribution in [0.5, 0.6) is 0 Å². The average molecular weight is 374 g/mol. The Bertz CT molecular complexity index is 711. The van der Waals surface area contributed by atoms with Gasteiger partial charge in [-0.1, -0.05) is 19.4 Å². The van der Waals surface area contributed by atoms with E-state index in [4.69, 9.17) is 0 Å². The lowest BCUT2D eigenvalue weighted by Crippen LogP contribution is -2.58. The van der Waals surface area contributed by atoms with Gasteiger partial charge in [0.25, 0.3) is 0 Å². The first-order valence-electron chi connectivity index (χ1n) is 10.3. The Hall–Kier alpha value is -1.33. The van der Waals surface area contributed by atoms with Crippen LogP contribution in [0.2, 0.25) is 0 Å². The quantitative estimate of drug-likeness (QED) is 0.738. The van der Waals surface area contributed by atoms with Crippen LogP contribution in [0.4, 0.5) is 0 Å². The minimum Gasteiger partial charge on any atom is -0.393 e. The molecule has 0 aromatic carbocycles. The zero-order valence-electron chi connectivity index (χ0n) is 16.2. The molecule has 148 valence electrons. The highest BCUT2D eigenvalue weighted by atomic mass is 16.3. The fourth-order valence-electron chi connectivity index (χ4n) is 7.63. The van der Waals surface area contributed by atoms with E-state index in [0.717, 1.165) is 37.5 Å². The summed E-state index contributed by atoms with van der Waals surface area (Å²) in [4.78, 5) is 36.8. The van der Waals surface area contributed by atoms with Crippen molar-refractivity contribution in [3.8, 4) is 0 Å². The van der Waals surface area contributed by atoms with Crippen molar-refractivity contribution >= 4 is 17.9 Å². The van der Waals surface area contributed by atoms with Gasteiger partial charge in [0.05, 0.1) is 6.10 Å². The molecule has 27 heavy (non-hydrogen) atoms. The molecule has 0 bridgehead atoms. The number of hydrogen-bond acceptors (Lipinski definition) is 5. The number of fused-ring (bicyclic) bond motifs is 5. The van der Waals surface area contributed by atoms with E-state index in [1.165, 1.54) is 0 Å². The van der Waals surface area contributed by atoms with Crippen LogP contribution < -0.4 is 0 Å². The van der Waals surface area contributed by atoms with Crippen LogP contribution in [0, 0.1) is 40.4 Å². The number of Topliss-reactive ketones (excluding diaryl/α,β-unsaturated/α-hetero) is 1. The normalized spacial score (nSPS) is 48.9. The maximum absolute atomic E-state index is 12.5. The minimum absolute atomic E-state index is 0.0267. The van der Waals surface area contributed by atoms with Gasteiger partial charge in [0.1, 0.15) is 12.9 Å². The van der Waals surface area contributed by atoms with E-state index < -0.39 is 24.0 Å². The summed E-state index contributed by atoms with van der Waals surface area (Å²) in [5.74, 6) is -0.297. The van der Waals surface area contributed by atoms with Crippen molar-refractivity contribution in [1.29, 1.82) is 0 Å². The molecule has 0 aromatic rings. The number of carbonyl (C=O) groups is 3. The van der Waals surface area contributed by atoms with Crippen molar-refractivity contribution in [3.63, 3.8) is 0 Å². The predicted octanol–water partition coefficient (Wildman–Crippen LogP) is 2.09. The second-order valence-electron chi connectivity index (χ2n) is 9.70. The number of hydrogen-bond donors (Lipinski definition) is 2. The third-order valence-electron chi connectivity index (χ3n) is 8.58. The van der Waals surface area contributed by atoms with Gasteiger partial charge in [0.2, 0.25) is 0 Å². The molecular weight excluding hydrogens is 344 g/mol. The van der Waals surface area contributed by atoms with Crippen LogP contribution in [0.25, 0.3) is 0 Å². The van der Waals surface area contributed by atoms with Gasteiger partial charge in [-0.3, -0.25) is 9.59 Å². The van der Waals surface area contributed by atoms with Crippen molar-refractivity contribution in [2.24, 2.45) is 40.4 Å². The lowest BCUT2D eigenvalue weighted by Gasteiger charge is -2.59. The first-order chi connectivity index (χ1) is 12.8. The molecule has 0 spiro atoms. The van der Waals surface area contributed by atoms with Gasteiger partial charge < -0.3 is 15.0 Å². The summed E-state index contributed by atoms with van der Waals surface area (Å²) in [6.07, 6.45) is 6.08. The molecule has 8 atom stereocenters. The molecule has 0 amide bonds. The topological polar surface area (TPSA) is 91.7 Å². The highest BCUT2D eigenvalue weighted by Crippen LogP contribution is 2.67. The van der Waals surface area contributed by atoms with Crippen molar-refractivity contribution in [1.82, 2.24) is 0 Å². The van der Waals surface area contributed by atoms with Gasteiger partial charge in [-0.15, -0.1) is 0 Å². The molecule has 5 nitrogen and oxygen atoms in total. The van der Waals surface area contributed by atoms with Crippen molar-refractivity contribution < 1.29 is 24.6 Å². The Kier molecular flexibility index (Phi) is 4.47. The minimum atomic E-state index is -0.859. The molecule has 0 heterocycles. The van der Waals surface area contributed by atoms with Crippen LogP contribution in [0.3, 0.4) is 0 Å². The smallest absolute Gasteiger partial charge is 0.162 e. The number of carbonyl (C=O) groups excluding carboxylic acids is 3. The molecule has 1 unspecified atom stereocenters. The Labute approximate surface area is 160 Å².